The van der Waals surface area contributed by atoms with E-state index in [0.29, 0.717) is 0 Å². The summed E-state index contributed by atoms with van der Waals surface area (Å²) < 4.78 is 1.90. The highest BCUT2D eigenvalue weighted by Gasteiger charge is 2.17. The van der Waals surface area contributed by atoms with Crippen molar-refractivity contribution in [2.24, 2.45) is 0 Å². The molecule has 2 aromatic carbocycles. The summed E-state index contributed by atoms with van der Waals surface area (Å²) in [6.07, 6.45) is 1.29. The van der Waals surface area contributed by atoms with Crippen LogP contribution < -0.4 is 0 Å². The lowest BCUT2D eigenvalue weighted by Crippen LogP contribution is -2.05. The second kappa shape index (κ2) is 6.88. The van der Waals surface area contributed by atoms with Crippen LogP contribution in [0.3, 0.4) is 0 Å². The first-order chi connectivity index (χ1) is 9.56. The van der Waals surface area contributed by atoms with Gasteiger partial charge < -0.3 is 5.11 Å². The molecule has 0 radical (unpaired) electrons. The lowest BCUT2D eigenvalue weighted by atomic mass is 9.93. The molecule has 1 unspecified atom stereocenters. The molecule has 106 valence electrons. The number of aliphatic hydroxyl groups excluding tert-OH is 1. The fraction of sp³-hybridized carbons (Fsp3) is 0.294. The van der Waals surface area contributed by atoms with Crippen molar-refractivity contribution < 1.29 is 5.11 Å². The fourth-order valence-corrected chi connectivity index (χ4v) is 3.17. The van der Waals surface area contributed by atoms with Gasteiger partial charge in [-0.25, -0.2) is 0 Å². The molecule has 0 saturated heterocycles. The van der Waals surface area contributed by atoms with E-state index in [9.17, 15) is 5.11 Å². The molecule has 1 N–H and O–H groups in total. The topological polar surface area (TPSA) is 20.2 Å². The molecule has 0 aliphatic carbocycles. The molecule has 2 rings (SSSR count). The molecule has 0 spiro atoms. The smallest absolute Gasteiger partial charge is 0.105 e. The normalized spacial score (nSPS) is 12.4. The third kappa shape index (κ3) is 3.33. The van der Waals surface area contributed by atoms with E-state index < -0.39 is 6.10 Å². The Balaban J connectivity index is 2.51. The summed E-state index contributed by atoms with van der Waals surface area (Å²) in [7, 11) is 0. The molecule has 0 bridgehead atoms. The second-order valence-electron chi connectivity index (χ2n) is 4.81. The number of aliphatic hydroxyl groups is 1. The van der Waals surface area contributed by atoms with Gasteiger partial charge in [-0.1, -0.05) is 63.9 Å². The first-order valence-electron chi connectivity index (χ1n) is 6.81. The zero-order chi connectivity index (χ0) is 14.7. The monoisotopic (exact) mass is 396 g/mol. The van der Waals surface area contributed by atoms with Crippen molar-refractivity contribution in [3.63, 3.8) is 0 Å². The van der Waals surface area contributed by atoms with Crippen molar-refractivity contribution in [2.45, 2.75) is 32.8 Å². The maximum Gasteiger partial charge on any atom is 0.105 e. The largest absolute Gasteiger partial charge is 0.384 e. The van der Waals surface area contributed by atoms with Gasteiger partial charge in [-0.3, -0.25) is 0 Å². The summed E-state index contributed by atoms with van der Waals surface area (Å²) in [5.41, 5.74) is 4.34. The highest BCUT2D eigenvalue weighted by Crippen LogP contribution is 2.33. The van der Waals surface area contributed by atoms with Gasteiger partial charge in [0.2, 0.25) is 0 Å². The second-order valence-corrected chi connectivity index (χ2v) is 6.58. The quantitative estimate of drug-likeness (QED) is 0.730. The van der Waals surface area contributed by atoms with E-state index in [1.807, 2.05) is 18.2 Å². The van der Waals surface area contributed by atoms with Crippen LogP contribution in [-0.2, 0) is 12.8 Å². The Hall–Kier alpha value is -0.640. The van der Waals surface area contributed by atoms with Gasteiger partial charge in [-0.2, -0.15) is 0 Å². The van der Waals surface area contributed by atoms with Crippen molar-refractivity contribution in [2.75, 3.05) is 0 Å². The van der Waals surface area contributed by atoms with Gasteiger partial charge in [0, 0.05) is 14.5 Å². The molecular formula is C17H18Br2O. The molecule has 1 atom stereocenters. The summed E-state index contributed by atoms with van der Waals surface area (Å²) in [6, 6.07) is 12.3. The van der Waals surface area contributed by atoms with Gasteiger partial charge in [-0.05, 0) is 47.7 Å². The molecule has 0 aromatic heterocycles. The maximum absolute atomic E-state index is 10.8. The van der Waals surface area contributed by atoms with E-state index in [1.54, 1.807) is 0 Å². The van der Waals surface area contributed by atoms with Crippen LogP contribution in [-0.4, -0.2) is 5.11 Å². The highest BCUT2D eigenvalue weighted by atomic mass is 79.9. The SMILES string of the molecule is CCc1ccc(CC)c(C(O)c2cc(Br)ccc2Br)c1. The van der Waals surface area contributed by atoms with Crippen molar-refractivity contribution in [1.29, 1.82) is 0 Å². The van der Waals surface area contributed by atoms with Gasteiger partial charge in [0.15, 0.2) is 0 Å². The van der Waals surface area contributed by atoms with Crippen molar-refractivity contribution >= 4 is 31.9 Å². The van der Waals surface area contributed by atoms with Gasteiger partial charge in [0.1, 0.15) is 6.10 Å². The Kier molecular flexibility index (Phi) is 5.42. The summed E-state index contributed by atoms with van der Waals surface area (Å²) >= 11 is 7.00. The van der Waals surface area contributed by atoms with E-state index in [4.69, 9.17) is 0 Å². The molecule has 0 fully saturated rings. The number of halogens is 2. The molecule has 0 amide bonds. The Bertz CT molecular complexity index is 608. The zero-order valence-corrected chi connectivity index (χ0v) is 14.8. The van der Waals surface area contributed by atoms with Gasteiger partial charge in [0.05, 0.1) is 0 Å². The minimum atomic E-state index is -0.608. The molecule has 0 saturated carbocycles. The van der Waals surface area contributed by atoms with Gasteiger partial charge in [0.25, 0.3) is 0 Å². The Morgan fingerprint density at radius 1 is 0.950 bits per heavy atom. The summed E-state index contributed by atoms with van der Waals surface area (Å²) in [5.74, 6) is 0. The molecule has 0 aliphatic heterocycles. The van der Waals surface area contributed by atoms with Crippen LogP contribution in [0.25, 0.3) is 0 Å². The summed E-state index contributed by atoms with van der Waals surface area (Å²) in [6.45, 7) is 4.25. The predicted molar refractivity (Wildman–Crippen MR) is 91.1 cm³/mol. The first-order valence-corrected chi connectivity index (χ1v) is 8.40. The predicted octanol–water partition coefficient (Wildman–Crippen LogP) is 5.42. The third-order valence-electron chi connectivity index (χ3n) is 3.55. The van der Waals surface area contributed by atoms with Crippen LogP contribution in [0.5, 0.6) is 0 Å². The highest BCUT2D eigenvalue weighted by molar-refractivity contribution is 9.11. The lowest BCUT2D eigenvalue weighted by molar-refractivity contribution is 0.218. The van der Waals surface area contributed by atoms with E-state index in [-0.39, 0.29) is 0 Å². The molecular weight excluding hydrogens is 380 g/mol. The van der Waals surface area contributed by atoms with Crippen molar-refractivity contribution in [3.05, 3.63) is 67.6 Å². The average molecular weight is 398 g/mol. The van der Waals surface area contributed by atoms with Crippen LogP contribution in [0.4, 0.5) is 0 Å². The third-order valence-corrected chi connectivity index (χ3v) is 4.76. The number of hydrogen-bond acceptors (Lipinski definition) is 1. The zero-order valence-electron chi connectivity index (χ0n) is 11.7. The van der Waals surface area contributed by atoms with Gasteiger partial charge >= 0.3 is 0 Å². The van der Waals surface area contributed by atoms with Gasteiger partial charge in [-0.15, -0.1) is 0 Å². The molecule has 1 nitrogen and oxygen atoms in total. The van der Waals surface area contributed by atoms with Crippen molar-refractivity contribution in [1.82, 2.24) is 0 Å². The van der Waals surface area contributed by atoms with E-state index in [2.05, 4.69) is 63.9 Å². The number of rotatable bonds is 4. The Labute approximate surface area is 137 Å². The molecule has 0 heterocycles. The Morgan fingerprint density at radius 3 is 2.35 bits per heavy atom. The van der Waals surface area contributed by atoms with Crippen LogP contribution in [0.15, 0.2) is 45.3 Å². The molecule has 20 heavy (non-hydrogen) atoms. The fourth-order valence-electron chi connectivity index (χ4n) is 2.33. The van der Waals surface area contributed by atoms with Crippen molar-refractivity contribution in [3.8, 4) is 0 Å². The molecule has 2 aromatic rings. The number of aryl methyl sites for hydroxylation is 2. The maximum atomic E-state index is 10.8. The Morgan fingerprint density at radius 2 is 1.70 bits per heavy atom. The summed E-state index contributed by atoms with van der Waals surface area (Å²) in [4.78, 5) is 0. The number of hydrogen-bond donors (Lipinski definition) is 1. The molecule has 0 aliphatic rings. The minimum Gasteiger partial charge on any atom is -0.384 e. The van der Waals surface area contributed by atoms with Crippen LogP contribution in [0.2, 0.25) is 0 Å². The van der Waals surface area contributed by atoms with E-state index in [0.717, 1.165) is 32.9 Å². The summed E-state index contributed by atoms with van der Waals surface area (Å²) in [5, 5.41) is 10.8. The van der Waals surface area contributed by atoms with Crippen LogP contribution in [0.1, 0.15) is 42.2 Å². The first kappa shape index (κ1) is 15.7. The minimum absolute atomic E-state index is 0.608. The van der Waals surface area contributed by atoms with E-state index >= 15 is 0 Å². The average Bonchev–Trinajstić information content (AvgIpc) is 2.48. The van der Waals surface area contributed by atoms with Crippen LogP contribution >= 0.6 is 31.9 Å². The molecule has 3 heteroatoms. The van der Waals surface area contributed by atoms with E-state index in [1.165, 1.54) is 11.1 Å². The number of benzene rings is 2. The standard InChI is InChI=1S/C17H18Br2O/c1-3-11-5-6-12(4-2)14(9-11)17(20)15-10-13(18)7-8-16(15)19/h5-10,17,20H,3-4H2,1-2H3. The van der Waals surface area contributed by atoms with Crippen LogP contribution in [0, 0.1) is 0 Å². The lowest BCUT2D eigenvalue weighted by Gasteiger charge is -2.18.